The largest absolute Gasteiger partial charge is 0.349 e. The van der Waals surface area contributed by atoms with Gasteiger partial charge in [0.25, 0.3) is 10.1 Å². The van der Waals surface area contributed by atoms with Crippen molar-refractivity contribution in [3.05, 3.63) is 65.7 Å². The number of nitrogens with zero attached hydrogens (tertiary/aromatic N) is 1. The van der Waals surface area contributed by atoms with Crippen molar-refractivity contribution in [1.82, 2.24) is 0 Å². The van der Waals surface area contributed by atoms with Crippen molar-refractivity contribution < 1.29 is 17.7 Å². The first-order valence-electron chi connectivity index (χ1n) is 8.54. The molecule has 0 aromatic heterocycles. The molecule has 2 aliphatic heterocycles. The molecule has 4 rings (SSSR count). The zero-order valence-electron chi connectivity index (χ0n) is 14.7. The fraction of sp³-hybridized carbons (Fsp3) is 0.300. The number of benzene rings is 2. The number of ether oxygens (including phenoxy) is 1. The third-order valence-electron chi connectivity index (χ3n) is 5.48. The van der Waals surface area contributed by atoms with Crippen molar-refractivity contribution >= 4 is 21.9 Å². The topological polar surface area (TPSA) is 66.8 Å². The van der Waals surface area contributed by atoms with Crippen molar-refractivity contribution in [1.29, 1.82) is 0 Å². The lowest BCUT2D eigenvalue weighted by Crippen LogP contribution is -2.51. The van der Waals surface area contributed by atoms with E-state index in [0.29, 0.717) is 6.61 Å². The van der Waals surface area contributed by atoms with Crippen molar-refractivity contribution in [3.63, 3.8) is 0 Å². The van der Waals surface area contributed by atoms with Crippen LogP contribution in [0.5, 0.6) is 0 Å². The van der Waals surface area contributed by atoms with Gasteiger partial charge in [-0.15, -0.1) is 0 Å². The van der Waals surface area contributed by atoms with Gasteiger partial charge in [0.1, 0.15) is 0 Å². The van der Waals surface area contributed by atoms with E-state index in [2.05, 4.69) is 37.0 Å². The van der Waals surface area contributed by atoms with Crippen LogP contribution in [0.2, 0.25) is 0 Å². The average molecular weight is 371 g/mol. The van der Waals surface area contributed by atoms with Crippen LogP contribution in [-0.4, -0.2) is 31.8 Å². The van der Waals surface area contributed by atoms with Crippen LogP contribution in [0.4, 0.5) is 5.69 Å². The number of hydrogen-bond acceptors (Lipinski definition) is 4. The molecule has 0 aliphatic carbocycles. The predicted octanol–water partition coefficient (Wildman–Crippen LogP) is 3.47. The van der Waals surface area contributed by atoms with Crippen LogP contribution in [0.1, 0.15) is 25.0 Å². The summed E-state index contributed by atoms with van der Waals surface area (Å²) in [5, 5.41) is 0. The molecular formula is C20H21NO4S. The Bertz CT molecular complexity index is 979. The molecule has 6 heteroatoms. The number of fused-ring (bicyclic) bond motifs is 3. The van der Waals surface area contributed by atoms with Crippen molar-refractivity contribution in [2.45, 2.75) is 29.9 Å². The minimum absolute atomic E-state index is 0.111. The Labute approximate surface area is 153 Å². The molecule has 0 bridgehead atoms. The summed E-state index contributed by atoms with van der Waals surface area (Å²) < 4.78 is 37.7. The summed E-state index contributed by atoms with van der Waals surface area (Å²) in [5.41, 5.74) is 2.49. The van der Waals surface area contributed by atoms with Crippen LogP contribution in [-0.2, 0) is 20.3 Å². The summed E-state index contributed by atoms with van der Waals surface area (Å²) in [6.07, 6.45) is 4.00. The lowest BCUT2D eigenvalue weighted by atomic mass is 9.77. The third-order valence-corrected chi connectivity index (χ3v) is 6.35. The van der Waals surface area contributed by atoms with Crippen LogP contribution in [0.3, 0.4) is 0 Å². The number of hydrogen-bond donors (Lipinski definition) is 1. The molecule has 1 atom stereocenters. The van der Waals surface area contributed by atoms with Gasteiger partial charge in [0.2, 0.25) is 0 Å². The molecule has 2 heterocycles. The normalized spacial score (nSPS) is 24.0. The Morgan fingerprint density at radius 1 is 1.12 bits per heavy atom. The van der Waals surface area contributed by atoms with Gasteiger partial charge in [0, 0.05) is 17.6 Å². The maximum Gasteiger partial charge on any atom is 0.294 e. The van der Waals surface area contributed by atoms with Gasteiger partial charge in [-0.1, -0.05) is 50.3 Å². The minimum atomic E-state index is -4.18. The molecule has 1 fully saturated rings. The molecule has 0 spiro atoms. The highest BCUT2D eigenvalue weighted by Gasteiger charge is 2.58. The molecule has 26 heavy (non-hydrogen) atoms. The first-order chi connectivity index (χ1) is 12.3. The molecule has 2 aromatic carbocycles. The summed E-state index contributed by atoms with van der Waals surface area (Å²) in [7, 11) is -4.18. The third kappa shape index (κ3) is 2.40. The SMILES string of the molecule is CC1(C)c2ccccc2N2CCOC21/C=C/c1ccc(S(=O)(=O)O)cc1. The van der Waals surface area contributed by atoms with Crippen LogP contribution < -0.4 is 4.90 Å². The fourth-order valence-corrected chi connectivity index (χ4v) is 4.57. The van der Waals surface area contributed by atoms with E-state index < -0.39 is 15.8 Å². The molecule has 1 N–H and O–H groups in total. The van der Waals surface area contributed by atoms with E-state index in [9.17, 15) is 8.42 Å². The molecule has 0 saturated carbocycles. The Kier molecular flexibility index (Phi) is 3.77. The smallest absolute Gasteiger partial charge is 0.294 e. The number of anilines is 1. The standard InChI is InChI=1S/C20H21NO4S/c1-19(2)17-5-3-4-6-18(17)21-13-14-25-20(19,21)12-11-15-7-9-16(10-8-15)26(22,23)24/h3-12H,13-14H2,1-2H3,(H,22,23,24)/b12-11+. The molecule has 0 amide bonds. The van der Waals surface area contributed by atoms with Crippen LogP contribution >= 0.6 is 0 Å². The van der Waals surface area contributed by atoms with Gasteiger partial charge in [0.05, 0.1) is 11.5 Å². The van der Waals surface area contributed by atoms with Crippen molar-refractivity contribution in [2.24, 2.45) is 0 Å². The van der Waals surface area contributed by atoms with Gasteiger partial charge in [-0.25, -0.2) is 0 Å². The maximum atomic E-state index is 11.2. The van der Waals surface area contributed by atoms with E-state index in [0.717, 1.165) is 12.1 Å². The van der Waals surface area contributed by atoms with Crippen LogP contribution in [0.15, 0.2) is 59.5 Å². The Hall–Kier alpha value is -2.15. The zero-order valence-corrected chi connectivity index (χ0v) is 15.5. The molecule has 136 valence electrons. The highest BCUT2D eigenvalue weighted by molar-refractivity contribution is 7.85. The first kappa shape index (κ1) is 17.3. The Balaban J connectivity index is 1.72. The summed E-state index contributed by atoms with van der Waals surface area (Å²) in [6, 6.07) is 14.5. The second kappa shape index (κ2) is 5.67. The van der Waals surface area contributed by atoms with E-state index in [1.54, 1.807) is 12.1 Å². The number of para-hydroxylation sites is 1. The fourth-order valence-electron chi connectivity index (χ4n) is 4.09. The quantitative estimate of drug-likeness (QED) is 0.837. The molecule has 1 unspecified atom stereocenters. The maximum absolute atomic E-state index is 11.2. The van der Waals surface area contributed by atoms with Crippen molar-refractivity contribution in [2.75, 3.05) is 18.1 Å². The molecule has 2 aliphatic rings. The van der Waals surface area contributed by atoms with Gasteiger partial charge < -0.3 is 9.64 Å². The highest BCUT2D eigenvalue weighted by atomic mass is 32.2. The summed E-state index contributed by atoms with van der Waals surface area (Å²) in [4.78, 5) is 2.19. The first-order valence-corrected chi connectivity index (χ1v) is 9.98. The van der Waals surface area contributed by atoms with E-state index in [1.165, 1.54) is 23.4 Å². The van der Waals surface area contributed by atoms with Gasteiger partial charge in [-0.05, 0) is 35.4 Å². The lowest BCUT2D eigenvalue weighted by Gasteiger charge is -2.39. The van der Waals surface area contributed by atoms with Crippen LogP contribution in [0, 0.1) is 0 Å². The van der Waals surface area contributed by atoms with Crippen molar-refractivity contribution in [3.8, 4) is 0 Å². The van der Waals surface area contributed by atoms with Gasteiger partial charge >= 0.3 is 0 Å². The summed E-state index contributed by atoms with van der Waals surface area (Å²) in [5.74, 6) is 0. The van der Waals surface area contributed by atoms with Gasteiger partial charge in [-0.3, -0.25) is 4.55 Å². The minimum Gasteiger partial charge on any atom is -0.349 e. The highest BCUT2D eigenvalue weighted by Crippen LogP contribution is 2.54. The molecule has 5 nitrogen and oxygen atoms in total. The predicted molar refractivity (Wildman–Crippen MR) is 101 cm³/mol. The molecule has 1 saturated heterocycles. The molecule has 0 radical (unpaired) electrons. The van der Waals surface area contributed by atoms with E-state index in [1.807, 2.05) is 18.2 Å². The zero-order chi connectivity index (χ0) is 18.6. The molecular weight excluding hydrogens is 350 g/mol. The van der Waals surface area contributed by atoms with E-state index in [4.69, 9.17) is 9.29 Å². The van der Waals surface area contributed by atoms with Gasteiger partial charge in [-0.2, -0.15) is 8.42 Å². The van der Waals surface area contributed by atoms with E-state index in [-0.39, 0.29) is 10.3 Å². The Morgan fingerprint density at radius 2 is 1.81 bits per heavy atom. The monoisotopic (exact) mass is 371 g/mol. The summed E-state index contributed by atoms with van der Waals surface area (Å²) >= 11 is 0. The average Bonchev–Trinajstić information content (AvgIpc) is 3.11. The lowest BCUT2D eigenvalue weighted by molar-refractivity contribution is 0.000337. The van der Waals surface area contributed by atoms with Gasteiger partial charge in [0.15, 0.2) is 5.72 Å². The molecule has 2 aromatic rings. The second-order valence-corrected chi connectivity index (χ2v) is 8.64. The summed E-state index contributed by atoms with van der Waals surface area (Å²) in [6.45, 7) is 5.85. The van der Waals surface area contributed by atoms with E-state index >= 15 is 0 Å². The Morgan fingerprint density at radius 3 is 2.50 bits per heavy atom. The number of rotatable bonds is 3. The van der Waals surface area contributed by atoms with Crippen LogP contribution in [0.25, 0.3) is 6.08 Å². The second-order valence-electron chi connectivity index (χ2n) is 7.22.